The van der Waals surface area contributed by atoms with Crippen LogP contribution >= 0.6 is 0 Å². The molecule has 0 saturated heterocycles. The third-order valence-electron chi connectivity index (χ3n) is 3.08. The van der Waals surface area contributed by atoms with Crippen LogP contribution in [0.25, 0.3) is 0 Å². The maximum atomic E-state index is 11.8. The molecule has 0 unspecified atom stereocenters. The fraction of sp³-hybridized carbons (Fsp3) is 0.400. The lowest BCUT2D eigenvalue weighted by Gasteiger charge is -2.20. The number of hydrogen-bond donors (Lipinski definition) is 0. The Balaban J connectivity index is 2.06. The van der Waals surface area contributed by atoms with E-state index in [9.17, 15) is 4.79 Å². The molecule has 0 radical (unpaired) electrons. The van der Waals surface area contributed by atoms with Crippen LogP contribution in [0.3, 0.4) is 0 Å². The normalized spacial score (nSPS) is 10.8. The second-order valence-corrected chi connectivity index (χ2v) is 4.79. The predicted molar refractivity (Wildman–Crippen MR) is 78.2 cm³/mol. The zero-order chi connectivity index (χ0) is 15.1. The first-order valence-electron chi connectivity index (χ1n) is 6.93. The van der Waals surface area contributed by atoms with Gasteiger partial charge in [0.1, 0.15) is 12.2 Å². The average Bonchev–Trinajstić information content (AvgIpc) is 2.85. The molecule has 112 valence electrons. The van der Waals surface area contributed by atoms with Crippen molar-refractivity contribution in [3.63, 3.8) is 0 Å². The molecule has 6 nitrogen and oxygen atoms in total. The number of hydrogen-bond acceptors (Lipinski definition) is 5. The number of aryl methyl sites for hydroxylation is 1. The zero-order valence-corrected chi connectivity index (χ0v) is 12.4. The molecule has 1 aromatic carbocycles. The number of carbonyl (C=O) groups is 1. The van der Waals surface area contributed by atoms with E-state index in [1.54, 1.807) is 6.33 Å². The van der Waals surface area contributed by atoms with Gasteiger partial charge < -0.3 is 9.30 Å². The van der Waals surface area contributed by atoms with E-state index in [1.807, 2.05) is 53.8 Å². The number of esters is 1. The summed E-state index contributed by atoms with van der Waals surface area (Å²) < 4.78 is 6.89. The Hall–Kier alpha value is -2.21. The highest BCUT2D eigenvalue weighted by molar-refractivity contribution is 5.71. The molecule has 0 aliphatic carbocycles. The maximum Gasteiger partial charge on any atom is 0.320 e. The molecule has 1 aromatic heterocycles. The third-order valence-corrected chi connectivity index (χ3v) is 3.08. The Morgan fingerprint density at radius 2 is 2.05 bits per heavy atom. The minimum atomic E-state index is -0.226. The van der Waals surface area contributed by atoms with E-state index >= 15 is 0 Å². The predicted octanol–water partition coefficient (Wildman–Crippen LogP) is 1.38. The zero-order valence-electron chi connectivity index (χ0n) is 12.4. The van der Waals surface area contributed by atoms with Crippen molar-refractivity contribution < 1.29 is 9.53 Å². The van der Waals surface area contributed by atoms with Crippen LogP contribution in [0, 0.1) is 0 Å². The summed E-state index contributed by atoms with van der Waals surface area (Å²) in [6.45, 7) is 3.64. The van der Waals surface area contributed by atoms with Crippen molar-refractivity contribution in [1.29, 1.82) is 0 Å². The lowest BCUT2D eigenvalue weighted by Crippen LogP contribution is -2.31. The number of benzene rings is 1. The van der Waals surface area contributed by atoms with Gasteiger partial charge in [-0.15, -0.1) is 10.2 Å². The number of rotatable bonds is 7. The van der Waals surface area contributed by atoms with Crippen LogP contribution in [-0.2, 0) is 29.7 Å². The number of ether oxygens (including phenoxy) is 1. The standard InChI is InChI=1S/C15H20N4O2/c1-3-21-15(20)11-19(9-13-7-5-4-6-8-13)10-14-17-16-12-18(14)2/h4-8,12H,3,9-11H2,1-2H3. The van der Waals surface area contributed by atoms with Crippen LogP contribution < -0.4 is 0 Å². The fourth-order valence-electron chi connectivity index (χ4n) is 2.05. The second kappa shape index (κ2) is 7.54. The van der Waals surface area contributed by atoms with Crippen molar-refractivity contribution in [2.45, 2.75) is 20.0 Å². The largest absolute Gasteiger partial charge is 0.465 e. The Kier molecular flexibility index (Phi) is 5.45. The van der Waals surface area contributed by atoms with Crippen LogP contribution in [0.2, 0.25) is 0 Å². The summed E-state index contributed by atoms with van der Waals surface area (Å²) in [6, 6.07) is 10.0. The lowest BCUT2D eigenvalue weighted by atomic mass is 10.2. The second-order valence-electron chi connectivity index (χ2n) is 4.79. The molecular formula is C15H20N4O2. The van der Waals surface area contributed by atoms with Crippen molar-refractivity contribution >= 4 is 5.97 Å². The van der Waals surface area contributed by atoms with Crippen molar-refractivity contribution in [1.82, 2.24) is 19.7 Å². The van der Waals surface area contributed by atoms with Gasteiger partial charge in [-0.3, -0.25) is 9.69 Å². The molecule has 1 heterocycles. The Morgan fingerprint density at radius 1 is 1.29 bits per heavy atom. The van der Waals surface area contributed by atoms with Gasteiger partial charge >= 0.3 is 5.97 Å². The summed E-state index contributed by atoms with van der Waals surface area (Å²) in [6.07, 6.45) is 1.65. The molecule has 21 heavy (non-hydrogen) atoms. The van der Waals surface area contributed by atoms with Gasteiger partial charge in [-0.25, -0.2) is 0 Å². The van der Waals surface area contributed by atoms with E-state index in [1.165, 1.54) is 0 Å². The first kappa shape index (κ1) is 15.2. The van der Waals surface area contributed by atoms with Crippen molar-refractivity contribution in [2.75, 3.05) is 13.2 Å². The highest BCUT2D eigenvalue weighted by Gasteiger charge is 2.15. The molecule has 0 fully saturated rings. The third kappa shape index (κ3) is 4.68. The van der Waals surface area contributed by atoms with E-state index < -0.39 is 0 Å². The summed E-state index contributed by atoms with van der Waals surface area (Å²) in [5, 5.41) is 7.94. The van der Waals surface area contributed by atoms with E-state index in [0.29, 0.717) is 19.7 Å². The summed E-state index contributed by atoms with van der Waals surface area (Å²) in [5.41, 5.74) is 1.14. The van der Waals surface area contributed by atoms with Crippen LogP contribution in [0.4, 0.5) is 0 Å². The van der Waals surface area contributed by atoms with Crippen LogP contribution in [-0.4, -0.2) is 38.8 Å². The molecule has 0 amide bonds. The number of aromatic nitrogens is 3. The van der Waals surface area contributed by atoms with Crippen LogP contribution in [0.5, 0.6) is 0 Å². The van der Waals surface area contributed by atoms with Gasteiger partial charge in [0.05, 0.1) is 19.7 Å². The van der Waals surface area contributed by atoms with Crippen molar-refractivity contribution in [2.24, 2.45) is 7.05 Å². The van der Waals surface area contributed by atoms with E-state index in [-0.39, 0.29) is 12.5 Å². The molecule has 2 aromatic rings. The van der Waals surface area contributed by atoms with Gasteiger partial charge in [0.2, 0.25) is 0 Å². The maximum absolute atomic E-state index is 11.8. The van der Waals surface area contributed by atoms with Gasteiger partial charge in [0.15, 0.2) is 0 Å². The van der Waals surface area contributed by atoms with Gasteiger partial charge in [0.25, 0.3) is 0 Å². The summed E-state index contributed by atoms with van der Waals surface area (Å²) in [5.74, 6) is 0.589. The van der Waals surface area contributed by atoms with E-state index in [0.717, 1.165) is 11.4 Å². The molecule has 0 aliphatic rings. The summed E-state index contributed by atoms with van der Waals surface area (Å²) in [7, 11) is 1.89. The fourth-order valence-corrected chi connectivity index (χ4v) is 2.05. The first-order chi connectivity index (χ1) is 10.2. The average molecular weight is 288 g/mol. The SMILES string of the molecule is CCOC(=O)CN(Cc1ccccc1)Cc1nncn1C. The van der Waals surface area contributed by atoms with Gasteiger partial charge in [-0.2, -0.15) is 0 Å². The highest BCUT2D eigenvalue weighted by atomic mass is 16.5. The number of nitrogens with zero attached hydrogens (tertiary/aromatic N) is 4. The highest BCUT2D eigenvalue weighted by Crippen LogP contribution is 2.08. The number of carbonyl (C=O) groups excluding carboxylic acids is 1. The minimum absolute atomic E-state index is 0.226. The summed E-state index contributed by atoms with van der Waals surface area (Å²) >= 11 is 0. The quantitative estimate of drug-likeness (QED) is 0.720. The molecule has 0 saturated carbocycles. The Labute approximate surface area is 124 Å². The minimum Gasteiger partial charge on any atom is -0.465 e. The van der Waals surface area contributed by atoms with Crippen LogP contribution in [0.1, 0.15) is 18.3 Å². The van der Waals surface area contributed by atoms with Gasteiger partial charge in [-0.05, 0) is 12.5 Å². The lowest BCUT2D eigenvalue weighted by molar-refractivity contribution is -0.144. The Bertz CT molecular complexity index is 568. The van der Waals surface area contributed by atoms with Crippen molar-refractivity contribution in [3.8, 4) is 0 Å². The topological polar surface area (TPSA) is 60.2 Å². The van der Waals surface area contributed by atoms with Gasteiger partial charge in [-0.1, -0.05) is 30.3 Å². The molecule has 0 atom stereocenters. The first-order valence-corrected chi connectivity index (χ1v) is 6.93. The van der Waals surface area contributed by atoms with Crippen molar-refractivity contribution in [3.05, 3.63) is 48.0 Å². The van der Waals surface area contributed by atoms with E-state index in [2.05, 4.69) is 10.2 Å². The van der Waals surface area contributed by atoms with Crippen LogP contribution in [0.15, 0.2) is 36.7 Å². The molecule has 0 N–H and O–H groups in total. The monoisotopic (exact) mass is 288 g/mol. The Morgan fingerprint density at radius 3 is 2.67 bits per heavy atom. The molecule has 6 heteroatoms. The summed E-state index contributed by atoms with van der Waals surface area (Å²) in [4.78, 5) is 13.7. The molecule has 0 bridgehead atoms. The molecular weight excluding hydrogens is 268 g/mol. The smallest absolute Gasteiger partial charge is 0.320 e. The molecule has 2 rings (SSSR count). The molecule has 0 spiro atoms. The molecule has 0 aliphatic heterocycles. The van der Waals surface area contributed by atoms with E-state index in [4.69, 9.17) is 4.74 Å². The van der Waals surface area contributed by atoms with Gasteiger partial charge in [0, 0.05) is 13.6 Å².